The standard InChI is InChI=1S/C21H18O6/c1-5-10(3)27-11(4)16-9(2)6-14(23)18-19(16)20(25)13-7-12(22)8-15(24)17(13)21(18)26/h5-8,22-24H,4H2,1-3H3/b10-5-. The zero-order valence-corrected chi connectivity index (χ0v) is 15.1. The monoisotopic (exact) mass is 366 g/mol. The Morgan fingerprint density at radius 1 is 1.00 bits per heavy atom. The second-order valence-electron chi connectivity index (χ2n) is 6.31. The van der Waals surface area contributed by atoms with Crippen molar-refractivity contribution in [3.05, 3.63) is 70.0 Å². The largest absolute Gasteiger partial charge is 0.508 e. The van der Waals surface area contributed by atoms with Gasteiger partial charge < -0.3 is 20.1 Å². The Balaban J connectivity index is 2.34. The molecular formula is C21H18O6. The molecule has 138 valence electrons. The van der Waals surface area contributed by atoms with Crippen molar-refractivity contribution in [1.29, 1.82) is 0 Å². The van der Waals surface area contributed by atoms with Crippen LogP contribution in [0.5, 0.6) is 17.2 Å². The topological polar surface area (TPSA) is 104 Å². The minimum Gasteiger partial charge on any atom is -0.508 e. The molecule has 2 aromatic rings. The van der Waals surface area contributed by atoms with Gasteiger partial charge in [-0.05, 0) is 44.5 Å². The number of allylic oxidation sites excluding steroid dienone is 2. The highest BCUT2D eigenvalue weighted by Crippen LogP contribution is 2.42. The highest BCUT2D eigenvalue weighted by Gasteiger charge is 2.38. The lowest BCUT2D eigenvalue weighted by molar-refractivity contribution is 0.0973. The second-order valence-corrected chi connectivity index (χ2v) is 6.31. The van der Waals surface area contributed by atoms with Crippen molar-refractivity contribution in [1.82, 2.24) is 0 Å². The molecule has 0 amide bonds. The van der Waals surface area contributed by atoms with E-state index in [2.05, 4.69) is 6.58 Å². The molecule has 0 unspecified atom stereocenters. The lowest BCUT2D eigenvalue weighted by Crippen LogP contribution is -2.23. The second kappa shape index (κ2) is 6.32. The predicted octanol–water partition coefficient (Wildman–Crippen LogP) is 3.80. The Labute approximate surface area is 155 Å². The van der Waals surface area contributed by atoms with Crippen molar-refractivity contribution in [2.45, 2.75) is 20.8 Å². The SMILES string of the molecule is C=C(O/C(C)=C\C)c1c(C)cc(O)c2c1C(=O)c1cc(O)cc(O)c1C2=O. The van der Waals surface area contributed by atoms with Crippen molar-refractivity contribution in [2.75, 3.05) is 0 Å². The Morgan fingerprint density at radius 2 is 1.63 bits per heavy atom. The number of hydrogen-bond donors (Lipinski definition) is 3. The molecule has 2 aromatic carbocycles. The first-order valence-corrected chi connectivity index (χ1v) is 8.19. The molecular weight excluding hydrogens is 348 g/mol. The summed E-state index contributed by atoms with van der Waals surface area (Å²) < 4.78 is 5.61. The first-order chi connectivity index (χ1) is 12.7. The highest BCUT2D eigenvalue weighted by molar-refractivity contribution is 6.31. The Kier molecular flexibility index (Phi) is 4.27. The maximum absolute atomic E-state index is 13.1. The van der Waals surface area contributed by atoms with Gasteiger partial charge in [0.15, 0.2) is 5.78 Å². The van der Waals surface area contributed by atoms with Gasteiger partial charge in [0.2, 0.25) is 5.78 Å². The first kappa shape index (κ1) is 18.3. The average Bonchev–Trinajstić information content (AvgIpc) is 2.57. The minimum absolute atomic E-state index is 0.0658. The van der Waals surface area contributed by atoms with Gasteiger partial charge in [-0.2, -0.15) is 0 Å². The van der Waals surface area contributed by atoms with Crippen molar-refractivity contribution in [3.8, 4) is 17.2 Å². The van der Waals surface area contributed by atoms with E-state index in [0.29, 0.717) is 11.3 Å². The molecule has 0 atom stereocenters. The van der Waals surface area contributed by atoms with Crippen LogP contribution in [0.2, 0.25) is 0 Å². The molecule has 6 nitrogen and oxygen atoms in total. The van der Waals surface area contributed by atoms with Crippen LogP contribution < -0.4 is 0 Å². The van der Waals surface area contributed by atoms with Crippen molar-refractivity contribution >= 4 is 17.3 Å². The van der Waals surface area contributed by atoms with E-state index in [4.69, 9.17) is 4.74 Å². The maximum atomic E-state index is 13.1. The number of fused-ring (bicyclic) bond motifs is 2. The molecule has 6 heteroatoms. The molecule has 0 spiro atoms. The summed E-state index contributed by atoms with van der Waals surface area (Å²) in [7, 11) is 0. The van der Waals surface area contributed by atoms with Gasteiger partial charge in [-0.25, -0.2) is 0 Å². The maximum Gasteiger partial charge on any atom is 0.201 e. The third kappa shape index (κ3) is 2.75. The van der Waals surface area contributed by atoms with E-state index >= 15 is 0 Å². The van der Waals surface area contributed by atoms with E-state index in [1.54, 1.807) is 26.8 Å². The molecule has 0 saturated carbocycles. The van der Waals surface area contributed by atoms with Crippen LogP contribution in [0.3, 0.4) is 0 Å². The van der Waals surface area contributed by atoms with E-state index in [9.17, 15) is 24.9 Å². The van der Waals surface area contributed by atoms with Gasteiger partial charge in [-0.3, -0.25) is 9.59 Å². The molecule has 0 aliphatic heterocycles. The molecule has 0 heterocycles. The van der Waals surface area contributed by atoms with Crippen LogP contribution in [0.25, 0.3) is 5.76 Å². The van der Waals surface area contributed by atoms with Crippen LogP contribution in [0.15, 0.2) is 36.6 Å². The highest BCUT2D eigenvalue weighted by atomic mass is 16.5. The Morgan fingerprint density at radius 3 is 2.26 bits per heavy atom. The number of ketones is 2. The molecule has 27 heavy (non-hydrogen) atoms. The number of aromatic hydroxyl groups is 3. The van der Waals surface area contributed by atoms with Gasteiger partial charge in [0, 0.05) is 22.8 Å². The van der Waals surface area contributed by atoms with Crippen LogP contribution in [0, 0.1) is 6.92 Å². The van der Waals surface area contributed by atoms with Gasteiger partial charge in [-0.1, -0.05) is 6.58 Å². The van der Waals surface area contributed by atoms with E-state index in [1.165, 1.54) is 6.07 Å². The number of carbonyl (C=O) groups excluding carboxylic acids is 2. The normalized spacial score (nSPS) is 13.2. The first-order valence-electron chi connectivity index (χ1n) is 8.19. The number of ether oxygens (including phenoxy) is 1. The third-order valence-corrected chi connectivity index (χ3v) is 4.50. The summed E-state index contributed by atoms with van der Waals surface area (Å²) in [6.07, 6.45) is 1.71. The lowest BCUT2D eigenvalue weighted by Gasteiger charge is -2.24. The van der Waals surface area contributed by atoms with Crippen LogP contribution in [-0.2, 0) is 4.74 Å². The number of benzene rings is 2. The molecule has 0 fully saturated rings. The summed E-state index contributed by atoms with van der Waals surface area (Å²) in [5, 5.41) is 30.1. The quantitative estimate of drug-likeness (QED) is 0.609. The molecule has 0 aromatic heterocycles. The molecule has 0 saturated heterocycles. The molecule has 0 radical (unpaired) electrons. The zero-order valence-electron chi connectivity index (χ0n) is 15.1. The van der Waals surface area contributed by atoms with Gasteiger partial charge >= 0.3 is 0 Å². The van der Waals surface area contributed by atoms with Gasteiger partial charge in [0.05, 0.1) is 16.9 Å². The molecule has 1 aliphatic carbocycles. The fourth-order valence-electron chi connectivity index (χ4n) is 3.21. The Hall–Kier alpha value is -3.54. The number of carbonyl (C=O) groups is 2. The molecule has 3 rings (SSSR count). The van der Waals surface area contributed by atoms with Crippen molar-refractivity contribution in [2.24, 2.45) is 0 Å². The third-order valence-electron chi connectivity index (χ3n) is 4.50. The fraction of sp³-hybridized carbons (Fsp3) is 0.143. The zero-order chi connectivity index (χ0) is 20.0. The number of hydrogen-bond acceptors (Lipinski definition) is 6. The minimum atomic E-state index is -0.716. The van der Waals surface area contributed by atoms with Crippen LogP contribution in [0.1, 0.15) is 56.8 Å². The molecule has 1 aliphatic rings. The summed E-state index contributed by atoms with van der Waals surface area (Å²) in [4.78, 5) is 26.1. The molecule has 3 N–H and O–H groups in total. The van der Waals surface area contributed by atoms with Crippen LogP contribution >= 0.6 is 0 Å². The van der Waals surface area contributed by atoms with Crippen molar-refractivity contribution < 1.29 is 29.6 Å². The number of rotatable bonds is 3. The van der Waals surface area contributed by atoms with Crippen LogP contribution in [0.4, 0.5) is 0 Å². The number of phenolic OH excluding ortho intramolecular Hbond substituents is 3. The smallest absolute Gasteiger partial charge is 0.201 e. The molecule has 0 bridgehead atoms. The number of phenols is 3. The summed E-state index contributed by atoms with van der Waals surface area (Å²) >= 11 is 0. The van der Waals surface area contributed by atoms with E-state index in [1.807, 2.05) is 0 Å². The summed E-state index contributed by atoms with van der Waals surface area (Å²) in [5.74, 6) is -1.91. The van der Waals surface area contributed by atoms with E-state index < -0.39 is 17.3 Å². The predicted molar refractivity (Wildman–Crippen MR) is 99.0 cm³/mol. The number of aryl methyl sites for hydroxylation is 1. The van der Waals surface area contributed by atoms with E-state index in [0.717, 1.165) is 12.1 Å². The Bertz CT molecular complexity index is 1060. The van der Waals surface area contributed by atoms with Gasteiger partial charge in [-0.15, -0.1) is 0 Å². The van der Waals surface area contributed by atoms with Gasteiger partial charge in [0.25, 0.3) is 0 Å². The van der Waals surface area contributed by atoms with Crippen LogP contribution in [-0.4, -0.2) is 26.9 Å². The van der Waals surface area contributed by atoms with Crippen molar-refractivity contribution in [3.63, 3.8) is 0 Å². The lowest BCUT2D eigenvalue weighted by atomic mass is 9.79. The summed E-state index contributed by atoms with van der Waals surface area (Å²) in [6, 6.07) is 3.43. The summed E-state index contributed by atoms with van der Waals surface area (Å²) in [5.41, 5.74) is 0.0872. The summed E-state index contributed by atoms with van der Waals surface area (Å²) in [6.45, 7) is 9.00. The average molecular weight is 366 g/mol. The fourth-order valence-corrected chi connectivity index (χ4v) is 3.21. The van der Waals surface area contributed by atoms with E-state index in [-0.39, 0.29) is 45.1 Å². The van der Waals surface area contributed by atoms with Gasteiger partial charge in [0.1, 0.15) is 23.0 Å².